The first-order valence-electron chi connectivity index (χ1n) is 35.7. The van der Waals surface area contributed by atoms with Crippen molar-refractivity contribution < 1.29 is 80.2 Å². The number of carbonyl (C=O) groups is 4. The zero-order chi connectivity index (χ0) is 65.4. The van der Waals surface area contributed by atoms with Crippen molar-refractivity contribution >= 4 is 39.5 Å². The van der Waals surface area contributed by atoms with E-state index in [2.05, 4.69) is 55.4 Å². The zero-order valence-corrected chi connectivity index (χ0v) is 59.1. The maximum Gasteiger partial charge on any atom is 0.472 e. The lowest BCUT2D eigenvalue weighted by atomic mass is 10.00. The second kappa shape index (κ2) is 58.8. The molecule has 19 heteroatoms. The standard InChI is InChI=1S/C69H134O17P2/c1-9-62(8)48-40-32-26-28-34-42-50-67(72)80-56-65(86-69(74)52-44-36-24-20-16-15-18-22-30-38-46-60(4)5)58-84-88(77,78)82-54-63(70)53-81-87(75,76)83-57-64(55-79-66(71)49-41-33-27-25-31-39-47-61(6)7)85-68(73)51-43-35-23-19-14-12-10-11-13-17-21-29-37-45-59(2)3/h59-65,70H,9-58H2,1-8H3,(H,75,76)(H,77,78)/t62?,63-,64-,65-/m1/s1. The number of esters is 4. The van der Waals surface area contributed by atoms with Crippen molar-refractivity contribution in [1.29, 1.82) is 0 Å². The highest BCUT2D eigenvalue weighted by Crippen LogP contribution is 2.45. The smallest absolute Gasteiger partial charge is 0.462 e. The Kier molecular flexibility index (Phi) is 57.6. The van der Waals surface area contributed by atoms with E-state index >= 15 is 0 Å². The largest absolute Gasteiger partial charge is 0.472 e. The third-order valence-corrected chi connectivity index (χ3v) is 18.1. The lowest BCUT2D eigenvalue weighted by molar-refractivity contribution is -0.161. The second-order valence-electron chi connectivity index (χ2n) is 26.6. The molecule has 0 bridgehead atoms. The van der Waals surface area contributed by atoms with E-state index in [0.717, 1.165) is 120 Å². The van der Waals surface area contributed by atoms with E-state index in [4.69, 9.17) is 37.0 Å². The molecule has 0 aliphatic carbocycles. The first-order valence-corrected chi connectivity index (χ1v) is 38.7. The number of hydrogen-bond donors (Lipinski definition) is 3. The van der Waals surface area contributed by atoms with Crippen LogP contribution in [0, 0.1) is 23.7 Å². The van der Waals surface area contributed by atoms with Crippen LogP contribution in [0.3, 0.4) is 0 Å². The second-order valence-corrected chi connectivity index (χ2v) is 29.5. The van der Waals surface area contributed by atoms with Crippen molar-refractivity contribution in [2.45, 2.75) is 356 Å². The Bertz CT molecular complexity index is 1750. The van der Waals surface area contributed by atoms with Gasteiger partial charge in [-0.15, -0.1) is 0 Å². The Labute approximate surface area is 537 Å². The Hall–Kier alpha value is -1.94. The van der Waals surface area contributed by atoms with Gasteiger partial charge < -0.3 is 33.8 Å². The van der Waals surface area contributed by atoms with Gasteiger partial charge in [-0.3, -0.25) is 37.3 Å². The maximum atomic E-state index is 13.0. The van der Waals surface area contributed by atoms with E-state index in [1.165, 1.54) is 128 Å². The van der Waals surface area contributed by atoms with Crippen LogP contribution in [0.15, 0.2) is 0 Å². The molecule has 3 unspecified atom stereocenters. The van der Waals surface area contributed by atoms with Crippen LogP contribution >= 0.6 is 15.6 Å². The third-order valence-electron chi connectivity index (χ3n) is 16.2. The number of aliphatic hydroxyl groups is 1. The van der Waals surface area contributed by atoms with E-state index in [9.17, 15) is 43.2 Å². The number of hydrogen-bond acceptors (Lipinski definition) is 15. The van der Waals surface area contributed by atoms with Crippen LogP contribution in [-0.2, 0) is 65.4 Å². The predicted molar refractivity (Wildman–Crippen MR) is 354 cm³/mol. The number of aliphatic hydroxyl groups excluding tert-OH is 1. The van der Waals surface area contributed by atoms with Gasteiger partial charge in [0.15, 0.2) is 12.2 Å². The SMILES string of the molecule is CCC(C)CCCCCCCCC(=O)OC[C@H](COP(=O)(O)OC[C@H](O)COP(=O)(O)OC[C@@H](COC(=O)CCCCCCCCC(C)C)OC(=O)CCCCCCCCCCCCCCCC(C)C)OC(=O)CCCCCCCCCCCCC(C)C. The van der Waals surface area contributed by atoms with E-state index in [1.807, 2.05) is 0 Å². The molecule has 88 heavy (non-hydrogen) atoms. The van der Waals surface area contributed by atoms with Crippen LogP contribution in [-0.4, -0.2) is 96.7 Å². The summed E-state index contributed by atoms with van der Waals surface area (Å²) in [6.45, 7) is 14.0. The number of phosphoric ester groups is 2. The molecule has 0 aromatic rings. The fourth-order valence-corrected chi connectivity index (χ4v) is 11.9. The molecule has 0 aromatic heterocycles. The van der Waals surface area contributed by atoms with Gasteiger partial charge in [-0.2, -0.15) is 0 Å². The van der Waals surface area contributed by atoms with Gasteiger partial charge in [-0.25, -0.2) is 9.13 Å². The first-order chi connectivity index (χ1) is 42.1. The average Bonchev–Trinajstić information content (AvgIpc) is 3.63. The van der Waals surface area contributed by atoms with Gasteiger partial charge in [0.25, 0.3) is 0 Å². The molecular weight excluding hydrogens is 1160 g/mol. The van der Waals surface area contributed by atoms with Crippen LogP contribution in [0.2, 0.25) is 0 Å². The van der Waals surface area contributed by atoms with Crippen LogP contribution in [0.1, 0.15) is 338 Å². The van der Waals surface area contributed by atoms with Gasteiger partial charge in [0.1, 0.15) is 19.3 Å². The van der Waals surface area contributed by atoms with Gasteiger partial charge in [0.05, 0.1) is 26.4 Å². The summed E-state index contributed by atoms with van der Waals surface area (Å²) in [6.07, 6.45) is 40.5. The average molecular weight is 1300 g/mol. The number of carbonyl (C=O) groups excluding carboxylic acids is 4. The molecule has 522 valence electrons. The molecule has 3 N–H and O–H groups in total. The molecule has 6 atom stereocenters. The third kappa shape index (κ3) is 61.6. The molecule has 0 fully saturated rings. The fraction of sp³-hybridized carbons (Fsp3) is 0.942. The van der Waals surface area contributed by atoms with Gasteiger partial charge in [-0.05, 0) is 49.4 Å². The molecule has 0 amide bonds. The Morgan fingerprint density at radius 2 is 0.545 bits per heavy atom. The van der Waals surface area contributed by atoms with Crippen molar-refractivity contribution in [3.05, 3.63) is 0 Å². The Balaban J connectivity index is 5.23. The highest BCUT2D eigenvalue weighted by molar-refractivity contribution is 7.47. The highest BCUT2D eigenvalue weighted by Gasteiger charge is 2.30. The van der Waals surface area contributed by atoms with Crippen molar-refractivity contribution in [1.82, 2.24) is 0 Å². The zero-order valence-electron chi connectivity index (χ0n) is 57.3. The van der Waals surface area contributed by atoms with E-state index in [-0.39, 0.29) is 25.7 Å². The van der Waals surface area contributed by atoms with E-state index < -0.39 is 97.5 Å². The summed E-state index contributed by atoms with van der Waals surface area (Å²) in [4.78, 5) is 72.4. The minimum Gasteiger partial charge on any atom is -0.462 e. The lowest BCUT2D eigenvalue weighted by Gasteiger charge is -2.21. The summed E-state index contributed by atoms with van der Waals surface area (Å²) >= 11 is 0. The maximum absolute atomic E-state index is 13.0. The molecule has 0 spiro atoms. The van der Waals surface area contributed by atoms with E-state index in [1.54, 1.807) is 0 Å². The van der Waals surface area contributed by atoms with Crippen LogP contribution in [0.4, 0.5) is 0 Å². The summed E-state index contributed by atoms with van der Waals surface area (Å²) in [7, 11) is -9.90. The van der Waals surface area contributed by atoms with Crippen molar-refractivity contribution in [2.24, 2.45) is 23.7 Å². The molecule has 0 aliphatic rings. The van der Waals surface area contributed by atoms with Crippen LogP contribution < -0.4 is 0 Å². The summed E-state index contributed by atoms with van der Waals surface area (Å²) in [5.41, 5.74) is 0. The lowest BCUT2D eigenvalue weighted by Crippen LogP contribution is -2.30. The number of unbranched alkanes of at least 4 members (excludes halogenated alkanes) is 31. The summed E-state index contributed by atoms with van der Waals surface area (Å²) in [6, 6.07) is 0. The molecule has 0 heterocycles. The molecule has 0 radical (unpaired) electrons. The Morgan fingerprint density at radius 1 is 0.318 bits per heavy atom. The predicted octanol–water partition coefficient (Wildman–Crippen LogP) is 19.3. The fourth-order valence-electron chi connectivity index (χ4n) is 10.3. The van der Waals surface area contributed by atoms with Crippen LogP contribution in [0.5, 0.6) is 0 Å². The quantitative estimate of drug-likeness (QED) is 0.0222. The van der Waals surface area contributed by atoms with E-state index in [0.29, 0.717) is 31.6 Å². The van der Waals surface area contributed by atoms with Gasteiger partial charge in [-0.1, -0.05) is 287 Å². The molecule has 0 saturated heterocycles. The summed E-state index contributed by atoms with van der Waals surface area (Å²) in [5, 5.41) is 10.6. The summed E-state index contributed by atoms with van der Waals surface area (Å²) in [5.74, 6) is 0.815. The molecule has 0 aromatic carbocycles. The van der Waals surface area contributed by atoms with Crippen LogP contribution in [0.25, 0.3) is 0 Å². The van der Waals surface area contributed by atoms with Crippen molar-refractivity contribution in [3.63, 3.8) is 0 Å². The molecular formula is C69H134O17P2. The van der Waals surface area contributed by atoms with Crippen molar-refractivity contribution in [2.75, 3.05) is 39.6 Å². The van der Waals surface area contributed by atoms with Crippen molar-refractivity contribution in [3.8, 4) is 0 Å². The molecule has 0 aliphatic heterocycles. The van der Waals surface area contributed by atoms with Gasteiger partial charge >= 0.3 is 39.5 Å². The van der Waals surface area contributed by atoms with Gasteiger partial charge in [0, 0.05) is 25.7 Å². The normalized spacial score (nSPS) is 14.6. The number of phosphoric acid groups is 2. The monoisotopic (exact) mass is 1300 g/mol. The topological polar surface area (TPSA) is 237 Å². The first kappa shape index (κ1) is 86.1. The molecule has 0 saturated carbocycles. The molecule has 17 nitrogen and oxygen atoms in total. The molecule has 0 rings (SSSR count). The summed E-state index contributed by atoms with van der Waals surface area (Å²) < 4.78 is 68.2. The number of rotatable bonds is 66. The minimum atomic E-state index is -4.95. The minimum absolute atomic E-state index is 0.104. The highest BCUT2D eigenvalue weighted by atomic mass is 31.2. The van der Waals surface area contributed by atoms with Gasteiger partial charge in [0.2, 0.25) is 0 Å². The number of ether oxygens (including phenoxy) is 4. The Morgan fingerprint density at radius 3 is 0.807 bits per heavy atom.